The minimum atomic E-state index is 0.125. The Kier molecular flexibility index (Phi) is 3.98. The molecular formula is C15H19N3OS. The molecule has 20 heavy (non-hydrogen) atoms. The first kappa shape index (κ1) is 13.5. The maximum atomic E-state index is 11.8. The topological polar surface area (TPSA) is 46.9 Å². The molecule has 0 fully saturated rings. The van der Waals surface area contributed by atoms with Crippen molar-refractivity contribution in [2.45, 2.75) is 45.3 Å². The zero-order valence-corrected chi connectivity index (χ0v) is 12.4. The lowest BCUT2D eigenvalue weighted by Gasteiger charge is -2.27. The number of hydrogen-bond acceptors (Lipinski definition) is 4. The molecule has 2 aromatic heterocycles. The summed E-state index contributed by atoms with van der Waals surface area (Å²) in [5, 5.41) is 6.72. The Morgan fingerprint density at radius 2 is 2.40 bits per heavy atom. The predicted molar refractivity (Wildman–Crippen MR) is 81.1 cm³/mol. The van der Waals surface area contributed by atoms with Crippen molar-refractivity contribution >= 4 is 11.3 Å². The SMILES string of the molecule is CCn1c2c(ccc1=O)C[C@H](NCc1nccs1)CC2. The fourth-order valence-electron chi connectivity index (χ4n) is 2.92. The third-order valence-corrected chi connectivity index (χ3v) is 4.71. The van der Waals surface area contributed by atoms with Gasteiger partial charge in [-0.15, -0.1) is 11.3 Å². The van der Waals surface area contributed by atoms with E-state index in [4.69, 9.17) is 0 Å². The second kappa shape index (κ2) is 5.89. The van der Waals surface area contributed by atoms with E-state index in [1.165, 1.54) is 11.3 Å². The van der Waals surface area contributed by atoms with Gasteiger partial charge in [0.25, 0.3) is 5.56 Å². The van der Waals surface area contributed by atoms with Gasteiger partial charge >= 0.3 is 0 Å². The first-order valence-electron chi connectivity index (χ1n) is 7.11. The normalized spacial score (nSPS) is 17.9. The average Bonchev–Trinajstić information content (AvgIpc) is 2.98. The second-order valence-electron chi connectivity index (χ2n) is 5.13. The Hall–Kier alpha value is -1.46. The van der Waals surface area contributed by atoms with E-state index >= 15 is 0 Å². The van der Waals surface area contributed by atoms with Gasteiger partial charge in [-0.3, -0.25) is 4.79 Å². The number of fused-ring (bicyclic) bond motifs is 1. The molecule has 3 rings (SSSR count). The minimum absolute atomic E-state index is 0.125. The molecule has 2 aromatic rings. The van der Waals surface area contributed by atoms with Crippen molar-refractivity contribution < 1.29 is 0 Å². The number of hydrogen-bond donors (Lipinski definition) is 1. The number of pyridine rings is 1. The van der Waals surface area contributed by atoms with E-state index < -0.39 is 0 Å². The molecule has 1 N–H and O–H groups in total. The fourth-order valence-corrected chi connectivity index (χ4v) is 3.48. The number of thiazole rings is 1. The third kappa shape index (κ3) is 2.69. The van der Waals surface area contributed by atoms with Crippen molar-refractivity contribution in [2.75, 3.05) is 0 Å². The van der Waals surface area contributed by atoms with E-state index in [2.05, 4.69) is 10.3 Å². The summed E-state index contributed by atoms with van der Waals surface area (Å²) in [7, 11) is 0. The van der Waals surface area contributed by atoms with E-state index in [1.807, 2.05) is 29.1 Å². The van der Waals surface area contributed by atoms with Crippen molar-refractivity contribution in [3.05, 3.63) is 50.3 Å². The molecule has 0 saturated carbocycles. The van der Waals surface area contributed by atoms with Gasteiger partial charge in [-0.05, 0) is 31.7 Å². The van der Waals surface area contributed by atoms with Crippen LogP contribution in [0.2, 0.25) is 0 Å². The number of rotatable bonds is 4. The van der Waals surface area contributed by atoms with Crippen LogP contribution >= 0.6 is 11.3 Å². The molecule has 4 nitrogen and oxygen atoms in total. The second-order valence-corrected chi connectivity index (χ2v) is 6.11. The Balaban J connectivity index is 1.71. The van der Waals surface area contributed by atoms with Crippen LogP contribution in [0.5, 0.6) is 0 Å². The average molecular weight is 289 g/mol. The fraction of sp³-hybridized carbons (Fsp3) is 0.467. The van der Waals surface area contributed by atoms with Gasteiger partial charge in [0.2, 0.25) is 0 Å². The Labute approximate surface area is 122 Å². The summed E-state index contributed by atoms with van der Waals surface area (Å²) in [5.74, 6) is 0. The summed E-state index contributed by atoms with van der Waals surface area (Å²) in [6.45, 7) is 3.64. The summed E-state index contributed by atoms with van der Waals surface area (Å²) in [6, 6.07) is 4.18. The number of aromatic nitrogens is 2. The highest BCUT2D eigenvalue weighted by Gasteiger charge is 2.20. The van der Waals surface area contributed by atoms with E-state index in [1.54, 1.807) is 17.4 Å². The Morgan fingerprint density at radius 1 is 1.50 bits per heavy atom. The third-order valence-electron chi connectivity index (χ3n) is 3.93. The van der Waals surface area contributed by atoms with Gasteiger partial charge in [-0.25, -0.2) is 4.98 Å². The minimum Gasteiger partial charge on any atom is -0.313 e. The van der Waals surface area contributed by atoms with Crippen molar-refractivity contribution in [3.8, 4) is 0 Å². The van der Waals surface area contributed by atoms with Gasteiger partial charge in [0.15, 0.2) is 0 Å². The molecule has 0 saturated heterocycles. The zero-order chi connectivity index (χ0) is 13.9. The summed E-state index contributed by atoms with van der Waals surface area (Å²) >= 11 is 1.69. The van der Waals surface area contributed by atoms with Gasteiger partial charge in [-0.2, -0.15) is 0 Å². The van der Waals surface area contributed by atoms with Crippen LogP contribution in [0, 0.1) is 0 Å². The standard InChI is InChI=1S/C15H19N3OS/c1-2-18-13-5-4-12(9-11(13)3-6-15(18)19)17-10-14-16-7-8-20-14/h3,6-8,12,17H,2,4-5,9-10H2,1H3/t12-/m1/s1. The van der Waals surface area contributed by atoms with Crippen LogP contribution in [0.25, 0.3) is 0 Å². The van der Waals surface area contributed by atoms with Crippen LogP contribution in [0.15, 0.2) is 28.5 Å². The van der Waals surface area contributed by atoms with Crippen LogP contribution < -0.4 is 10.9 Å². The first-order valence-corrected chi connectivity index (χ1v) is 7.99. The molecule has 0 spiro atoms. The van der Waals surface area contributed by atoms with Crippen molar-refractivity contribution in [1.29, 1.82) is 0 Å². The molecule has 5 heteroatoms. The molecule has 0 unspecified atom stereocenters. The maximum absolute atomic E-state index is 11.8. The highest BCUT2D eigenvalue weighted by Crippen LogP contribution is 2.20. The van der Waals surface area contributed by atoms with Crippen molar-refractivity contribution in [2.24, 2.45) is 0 Å². The Morgan fingerprint density at radius 3 is 3.15 bits per heavy atom. The maximum Gasteiger partial charge on any atom is 0.250 e. The smallest absolute Gasteiger partial charge is 0.250 e. The number of nitrogens with zero attached hydrogens (tertiary/aromatic N) is 2. The number of nitrogens with one attached hydrogen (secondary N) is 1. The molecule has 0 aliphatic heterocycles. The highest BCUT2D eigenvalue weighted by molar-refractivity contribution is 7.09. The van der Waals surface area contributed by atoms with Crippen molar-refractivity contribution in [1.82, 2.24) is 14.9 Å². The monoisotopic (exact) mass is 289 g/mol. The van der Waals surface area contributed by atoms with E-state index in [9.17, 15) is 4.79 Å². The molecule has 106 valence electrons. The van der Waals surface area contributed by atoms with Crippen LogP contribution in [0.4, 0.5) is 0 Å². The summed E-state index contributed by atoms with van der Waals surface area (Å²) in [4.78, 5) is 16.1. The Bertz CT molecular complexity index is 633. The van der Waals surface area contributed by atoms with Crippen molar-refractivity contribution in [3.63, 3.8) is 0 Å². The van der Waals surface area contributed by atoms with E-state index in [-0.39, 0.29) is 5.56 Å². The highest BCUT2D eigenvalue weighted by atomic mass is 32.1. The van der Waals surface area contributed by atoms with Crippen LogP contribution in [0.1, 0.15) is 29.6 Å². The molecule has 2 heterocycles. The summed E-state index contributed by atoms with van der Waals surface area (Å²) in [5.41, 5.74) is 2.67. The zero-order valence-electron chi connectivity index (χ0n) is 11.6. The van der Waals surface area contributed by atoms with Crippen LogP contribution in [-0.4, -0.2) is 15.6 Å². The lowest BCUT2D eigenvalue weighted by molar-refractivity contribution is 0.441. The summed E-state index contributed by atoms with van der Waals surface area (Å²) < 4.78 is 1.91. The lowest BCUT2D eigenvalue weighted by Crippen LogP contribution is -2.36. The lowest BCUT2D eigenvalue weighted by atomic mass is 9.91. The first-order chi connectivity index (χ1) is 9.78. The van der Waals surface area contributed by atoms with E-state index in [0.717, 1.165) is 37.4 Å². The van der Waals surface area contributed by atoms with Gasteiger partial charge in [0, 0.05) is 42.5 Å². The molecule has 0 amide bonds. The molecule has 0 radical (unpaired) electrons. The molecule has 0 bridgehead atoms. The largest absolute Gasteiger partial charge is 0.313 e. The molecule has 1 atom stereocenters. The van der Waals surface area contributed by atoms with Gasteiger partial charge in [0.05, 0.1) is 0 Å². The molecule has 0 aromatic carbocycles. The van der Waals surface area contributed by atoms with Crippen LogP contribution in [0.3, 0.4) is 0 Å². The van der Waals surface area contributed by atoms with Gasteiger partial charge in [0.1, 0.15) is 5.01 Å². The summed E-state index contributed by atoms with van der Waals surface area (Å²) in [6.07, 6.45) is 4.91. The quantitative estimate of drug-likeness (QED) is 0.936. The molecular weight excluding hydrogens is 270 g/mol. The van der Waals surface area contributed by atoms with E-state index in [0.29, 0.717) is 6.04 Å². The van der Waals surface area contributed by atoms with Gasteiger partial charge in [-0.1, -0.05) is 6.07 Å². The molecule has 1 aliphatic rings. The van der Waals surface area contributed by atoms with Gasteiger partial charge < -0.3 is 9.88 Å². The van der Waals surface area contributed by atoms with Crippen LogP contribution in [-0.2, 0) is 25.9 Å². The predicted octanol–water partition coefficient (Wildman–Crippen LogP) is 1.97. The molecule has 1 aliphatic carbocycles.